The maximum atomic E-state index is 8.81. The number of nitriles is 1. The average molecular weight is 285 g/mol. The Hall–Kier alpha value is -2.76. The van der Waals surface area contributed by atoms with Gasteiger partial charge < -0.3 is 10.2 Å². The van der Waals surface area contributed by atoms with Gasteiger partial charge in [-0.25, -0.2) is 4.98 Å². The first-order chi connectivity index (χ1) is 10.3. The van der Waals surface area contributed by atoms with Crippen LogP contribution < -0.4 is 10.2 Å². The molecule has 0 aliphatic heterocycles. The third kappa shape index (κ3) is 2.89. The summed E-state index contributed by atoms with van der Waals surface area (Å²) in [5.41, 5.74) is 0. The van der Waals surface area contributed by atoms with Gasteiger partial charge in [0.1, 0.15) is 12.7 Å². The second-order valence-electron chi connectivity index (χ2n) is 4.68. The molecule has 0 bridgehead atoms. The predicted octanol–water partition coefficient (Wildman–Crippen LogP) is 0.376. The minimum atomic E-state index is 0.407. The van der Waals surface area contributed by atoms with E-state index < -0.39 is 0 Å². The van der Waals surface area contributed by atoms with Gasteiger partial charge in [-0.2, -0.15) is 30.0 Å². The Kier molecular flexibility index (Phi) is 3.59. The van der Waals surface area contributed by atoms with Crippen molar-refractivity contribution in [3.8, 4) is 12.0 Å². The molecule has 2 aromatic rings. The molecule has 0 amide bonds. The van der Waals surface area contributed by atoms with E-state index in [-0.39, 0.29) is 0 Å². The van der Waals surface area contributed by atoms with Gasteiger partial charge in [-0.05, 0) is 12.8 Å². The summed E-state index contributed by atoms with van der Waals surface area (Å²) < 4.78 is 1.49. The summed E-state index contributed by atoms with van der Waals surface area (Å²) in [5, 5.41) is 15.8. The average Bonchev–Trinajstić information content (AvgIpc) is 3.20. The van der Waals surface area contributed by atoms with Gasteiger partial charge in [-0.1, -0.05) is 0 Å². The van der Waals surface area contributed by atoms with E-state index in [1.807, 2.05) is 0 Å². The van der Waals surface area contributed by atoms with Crippen LogP contribution in [0.3, 0.4) is 0 Å². The van der Waals surface area contributed by atoms with Crippen molar-refractivity contribution in [2.24, 2.45) is 0 Å². The van der Waals surface area contributed by atoms with E-state index in [4.69, 9.17) is 5.26 Å². The first kappa shape index (κ1) is 13.2. The number of nitrogens with one attached hydrogen (secondary N) is 1. The largest absolute Gasteiger partial charge is 0.357 e. The lowest BCUT2D eigenvalue weighted by Crippen LogP contribution is -2.29. The highest BCUT2D eigenvalue weighted by Crippen LogP contribution is 2.30. The Morgan fingerprint density at radius 1 is 1.43 bits per heavy atom. The fourth-order valence-corrected chi connectivity index (χ4v) is 2.01. The summed E-state index contributed by atoms with van der Waals surface area (Å²) in [6, 6.07) is 2.58. The number of nitrogens with zero attached hydrogens (tertiary/aromatic N) is 8. The maximum absolute atomic E-state index is 8.81. The van der Waals surface area contributed by atoms with Crippen molar-refractivity contribution in [2.45, 2.75) is 25.3 Å². The van der Waals surface area contributed by atoms with Gasteiger partial charge in [0.15, 0.2) is 0 Å². The van der Waals surface area contributed by atoms with Crippen LogP contribution in [-0.4, -0.2) is 49.4 Å². The molecule has 1 aliphatic carbocycles. The van der Waals surface area contributed by atoms with Crippen molar-refractivity contribution in [3.05, 3.63) is 12.7 Å². The first-order valence-corrected chi connectivity index (χ1v) is 6.74. The fourth-order valence-electron chi connectivity index (χ4n) is 2.01. The lowest BCUT2D eigenvalue weighted by atomic mass is 10.4. The van der Waals surface area contributed by atoms with Gasteiger partial charge in [-0.3, -0.25) is 0 Å². The number of aromatic nitrogens is 6. The zero-order valence-corrected chi connectivity index (χ0v) is 11.6. The molecule has 108 valence electrons. The minimum absolute atomic E-state index is 0.407. The second kappa shape index (κ2) is 5.70. The highest BCUT2D eigenvalue weighted by molar-refractivity contribution is 5.41. The Morgan fingerprint density at radius 3 is 2.90 bits per heavy atom. The summed E-state index contributed by atoms with van der Waals surface area (Å²) in [4.78, 5) is 19.1. The standard InChI is InChI=1S/C12H15N9/c1-14-10-17-11(20(6-2-5-13)9-3-4-9)19-12(18-10)21-8-15-7-16-21/h7-9H,2-4,6H2,1H3,(H,14,17,18,19). The molecule has 0 spiro atoms. The first-order valence-electron chi connectivity index (χ1n) is 6.74. The molecular weight excluding hydrogens is 270 g/mol. The molecule has 9 nitrogen and oxygen atoms in total. The van der Waals surface area contributed by atoms with E-state index in [2.05, 4.69) is 41.3 Å². The van der Waals surface area contributed by atoms with E-state index in [0.717, 1.165) is 12.8 Å². The van der Waals surface area contributed by atoms with Gasteiger partial charge in [0, 0.05) is 19.6 Å². The monoisotopic (exact) mass is 285 g/mol. The molecule has 1 saturated carbocycles. The maximum Gasteiger partial charge on any atom is 0.258 e. The highest BCUT2D eigenvalue weighted by atomic mass is 15.4. The van der Waals surface area contributed by atoms with Crippen LogP contribution in [0.5, 0.6) is 0 Å². The van der Waals surface area contributed by atoms with Crippen LogP contribution in [0, 0.1) is 11.3 Å². The van der Waals surface area contributed by atoms with Crippen molar-refractivity contribution in [3.63, 3.8) is 0 Å². The van der Waals surface area contributed by atoms with Crippen molar-refractivity contribution < 1.29 is 0 Å². The van der Waals surface area contributed by atoms with Gasteiger partial charge in [0.2, 0.25) is 11.9 Å². The number of hydrogen-bond acceptors (Lipinski definition) is 8. The van der Waals surface area contributed by atoms with Crippen LogP contribution in [0.4, 0.5) is 11.9 Å². The van der Waals surface area contributed by atoms with E-state index in [0.29, 0.717) is 36.9 Å². The van der Waals surface area contributed by atoms with Crippen molar-refractivity contribution in [1.82, 2.24) is 29.7 Å². The zero-order chi connectivity index (χ0) is 14.7. The molecular formula is C12H15N9. The minimum Gasteiger partial charge on any atom is -0.357 e. The van der Waals surface area contributed by atoms with Crippen molar-refractivity contribution in [1.29, 1.82) is 5.26 Å². The Balaban J connectivity index is 1.96. The molecule has 21 heavy (non-hydrogen) atoms. The molecule has 0 saturated heterocycles. The van der Waals surface area contributed by atoms with Crippen LogP contribution in [0.2, 0.25) is 0 Å². The van der Waals surface area contributed by atoms with Crippen molar-refractivity contribution >= 4 is 11.9 Å². The van der Waals surface area contributed by atoms with Gasteiger partial charge in [-0.15, -0.1) is 0 Å². The van der Waals surface area contributed by atoms with E-state index in [1.54, 1.807) is 7.05 Å². The lowest BCUT2D eigenvalue weighted by molar-refractivity contribution is 0.732. The van der Waals surface area contributed by atoms with Gasteiger partial charge in [0.25, 0.3) is 5.95 Å². The molecule has 1 N–H and O–H groups in total. The molecule has 0 atom stereocenters. The van der Waals surface area contributed by atoms with Gasteiger partial charge >= 0.3 is 0 Å². The number of anilines is 2. The summed E-state index contributed by atoms with van der Waals surface area (Å²) in [7, 11) is 1.75. The van der Waals surface area contributed by atoms with Crippen molar-refractivity contribution in [2.75, 3.05) is 23.8 Å². The van der Waals surface area contributed by atoms with Crippen LogP contribution in [0.1, 0.15) is 19.3 Å². The third-order valence-corrected chi connectivity index (χ3v) is 3.17. The molecule has 9 heteroatoms. The van der Waals surface area contributed by atoms with Crippen LogP contribution in [-0.2, 0) is 0 Å². The quantitative estimate of drug-likeness (QED) is 0.811. The normalized spacial score (nSPS) is 13.7. The molecule has 2 heterocycles. The van der Waals surface area contributed by atoms with E-state index in [9.17, 15) is 0 Å². The summed E-state index contributed by atoms with van der Waals surface area (Å²) in [6.07, 6.45) is 5.61. The van der Waals surface area contributed by atoms with E-state index in [1.165, 1.54) is 17.3 Å². The number of hydrogen-bond donors (Lipinski definition) is 1. The summed E-state index contributed by atoms with van der Waals surface area (Å²) in [6.45, 7) is 0.616. The molecule has 2 aromatic heterocycles. The molecule has 1 fully saturated rings. The van der Waals surface area contributed by atoms with Crippen LogP contribution >= 0.6 is 0 Å². The number of rotatable bonds is 6. The zero-order valence-electron chi connectivity index (χ0n) is 11.6. The predicted molar refractivity (Wildman–Crippen MR) is 74.9 cm³/mol. The van der Waals surface area contributed by atoms with Gasteiger partial charge in [0.05, 0.1) is 12.5 Å². The summed E-state index contributed by atoms with van der Waals surface area (Å²) >= 11 is 0. The highest BCUT2D eigenvalue weighted by Gasteiger charge is 2.31. The molecule has 0 unspecified atom stereocenters. The smallest absolute Gasteiger partial charge is 0.258 e. The Morgan fingerprint density at radius 2 is 2.29 bits per heavy atom. The van der Waals surface area contributed by atoms with Crippen LogP contribution in [0.25, 0.3) is 5.95 Å². The Labute approximate surface area is 121 Å². The summed E-state index contributed by atoms with van der Waals surface area (Å²) in [5.74, 6) is 1.44. The molecule has 0 aromatic carbocycles. The Bertz CT molecular complexity index is 641. The third-order valence-electron chi connectivity index (χ3n) is 3.17. The lowest BCUT2D eigenvalue weighted by Gasteiger charge is -2.21. The second-order valence-corrected chi connectivity index (χ2v) is 4.68. The topological polar surface area (TPSA) is 108 Å². The molecule has 1 aliphatic rings. The molecule has 3 rings (SSSR count). The fraction of sp³-hybridized carbons (Fsp3) is 0.500. The molecule has 0 radical (unpaired) electrons. The SMILES string of the molecule is CNc1nc(N(CCC#N)C2CC2)nc(-n2cncn2)n1. The van der Waals surface area contributed by atoms with Crippen LogP contribution in [0.15, 0.2) is 12.7 Å². The van der Waals surface area contributed by atoms with E-state index >= 15 is 0 Å².